The van der Waals surface area contributed by atoms with E-state index in [0.29, 0.717) is 36.3 Å². The van der Waals surface area contributed by atoms with Crippen molar-refractivity contribution in [1.29, 1.82) is 0 Å². The molecule has 1 saturated heterocycles. The Balaban J connectivity index is 1.67. The molecule has 2 aromatic carbocycles. The van der Waals surface area contributed by atoms with Gasteiger partial charge in [0, 0.05) is 42.5 Å². The lowest BCUT2D eigenvalue weighted by atomic mass is 10.1. The third-order valence-corrected chi connectivity index (χ3v) is 4.29. The minimum absolute atomic E-state index is 0.129. The zero-order valence-corrected chi connectivity index (χ0v) is 13.7. The van der Waals surface area contributed by atoms with Crippen LogP contribution in [0, 0.1) is 11.6 Å². The Bertz CT molecular complexity index is 767. The Labute approximate surface area is 145 Å². The zero-order chi connectivity index (χ0) is 17.8. The number of nitrogens with one attached hydrogen (secondary N) is 1. The number of carbonyl (C=O) groups excluding carboxylic acids is 1. The number of nitrogens with zero attached hydrogens (tertiary/aromatic N) is 1. The maximum atomic E-state index is 13.7. The van der Waals surface area contributed by atoms with Gasteiger partial charge in [-0.25, -0.2) is 8.78 Å². The molecule has 4 nitrogen and oxygen atoms in total. The van der Waals surface area contributed by atoms with Crippen molar-refractivity contribution in [2.75, 3.05) is 18.4 Å². The largest absolute Gasteiger partial charge is 0.391 e. The number of anilines is 1. The molecule has 6 heteroatoms. The molecule has 0 bridgehead atoms. The minimum Gasteiger partial charge on any atom is -0.391 e. The molecule has 25 heavy (non-hydrogen) atoms. The number of β-amino-alcohol motifs (C(OH)–C–C–N with tert-alkyl or cyclic N) is 1. The zero-order valence-electron chi connectivity index (χ0n) is 13.7. The van der Waals surface area contributed by atoms with E-state index < -0.39 is 17.7 Å². The number of halogens is 2. The first-order valence-electron chi connectivity index (χ1n) is 8.28. The number of aliphatic hydroxyl groups excluding tert-OH is 1. The van der Waals surface area contributed by atoms with Gasteiger partial charge in [-0.2, -0.15) is 0 Å². The lowest BCUT2D eigenvalue weighted by Gasteiger charge is -2.30. The van der Waals surface area contributed by atoms with E-state index in [-0.39, 0.29) is 12.5 Å². The second-order valence-corrected chi connectivity index (χ2v) is 6.22. The number of benzene rings is 2. The average molecular weight is 346 g/mol. The van der Waals surface area contributed by atoms with Gasteiger partial charge in [-0.15, -0.1) is 0 Å². The van der Waals surface area contributed by atoms with E-state index in [2.05, 4.69) is 5.32 Å². The molecule has 1 heterocycles. The predicted octanol–water partition coefficient (Wildman–Crippen LogP) is 3.17. The Morgan fingerprint density at radius 3 is 2.84 bits per heavy atom. The number of piperidine rings is 1. The van der Waals surface area contributed by atoms with Crippen LogP contribution in [0.5, 0.6) is 0 Å². The highest BCUT2D eigenvalue weighted by molar-refractivity contribution is 5.95. The standard InChI is InChI=1S/C19H20F2N2O2/c20-15-7-6-14(18(21)10-15)11-22-16-4-1-3-13(9-16)19(25)23-8-2-5-17(24)12-23/h1,3-4,6-7,9-10,17,22,24H,2,5,8,11-12H2. The first kappa shape index (κ1) is 17.4. The van der Waals surface area contributed by atoms with Gasteiger partial charge < -0.3 is 15.3 Å². The molecule has 0 spiro atoms. The van der Waals surface area contributed by atoms with Crippen LogP contribution >= 0.6 is 0 Å². The molecule has 1 unspecified atom stereocenters. The van der Waals surface area contributed by atoms with Crippen LogP contribution in [0.2, 0.25) is 0 Å². The summed E-state index contributed by atoms with van der Waals surface area (Å²) >= 11 is 0. The summed E-state index contributed by atoms with van der Waals surface area (Å²) in [5.41, 5.74) is 1.53. The van der Waals surface area contributed by atoms with Crippen LogP contribution in [0.15, 0.2) is 42.5 Å². The molecule has 0 aliphatic carbocycles. The van der Waals surface area contributed by atoms with Crippen molar-refractivity contribution in [2.45, 2.75) is 25.5 Å². The first-order chi connectivity index (χ1) is 12.0. The van der Waals surface area contributed by atoms with Crippen LogP contribution < -0.4 is 5.32 Å². The summed E-state index contributed by atoms with van der Waals surface area (Å²) in [5.74, 6) is -1.35. The number of hydrogen-bond donors (Lipinski definition) is 2. The highest BCUT2D eigenvalue weighted by Crippen LogP contribution is 2.18. The second-order valence-electron chi connectivity index (χ2n) is 6.22. The SMILES string of the molecule is O=C(c1cccc(NCc2ccc(F)cc2F)c1)N1CCCC(O)C1. The highest BCUT2D eigenvalue weighted by Gasteiger charge is 2.23. The Kier molecular flexibility index (Phi) is 5.28. The summed E-state index contributed by atoms with van der Waals surface area (Å²) in [6.45, 7) is 1.16. The van der Waals surface area contributed by atoms with E-state index in [1.165, 1.54) is 12.1 Å². The number of aliphatic hydroxyl groups is 1. The molecule has 1 fully saturated rings. The molecule has 1 amide bonds. The summed E-state index contributed by atoms with van der Waals surface area (Å²) in [7, 11) is 0. The summed E-state index contributed by atoms with van der Waals surface area (Å²) in [6, 6.07) is 10.4. The summed E-state index contributed by atoms with van der Waals surface area (Å²) in [4.78, 5) is 14.2. The molecule has 0 saturated carbocycles. The van der Waals surface area contributed by atoms with E-state index in [0.717, 1.165) is 12.5 Å². The minimum atomic E-state index is -0.613. The van der Waals surface area contributed by atoms with E-state index in [1.807, 2.05) is 0 Å². The van der Waals surface area contributed by atoms with Gasteiger partial charge in [-0.3, -0.25) is 4.79 Å². The predicted molar refractivity (Wildman–Crippen MR) is 91.3 cm³/mol. The molecule has 1 aliphatic rings. The molecular weight excluding hydrogens is 326 g/mol. The monoisotopic (exact) mass is 346 g/mol. The smallest absolute Gasteiger partial charge is 0.254 e. The molecule has 2 aromatic rings. The van der Waals surface area contributed by atoms with Crippen LogP contribution in [-0.2, 0) is 6.54 Å². The fourth-order valence-electron chi connectivity index (χ4n) is 2.95. The van der Waals surface area contributed by atoms with Crippen LogP contribution in [0.1, 0.15) is 28.8 Å². The molecular formula is C19H20F2N2O2. The Morgan fingerprint density at radius 2 is 2.08 bits per heavy atom. The van der Waals surface area contributed by atoms with Crippen molar-refractivity contribution in [3.8, 4) is 0 Å². The summed E-state index contributed by atoms with van der Waals surface area (Å²) in [5, 5.41) is 12.8. The van der Waals surface area contributed by atoms with E-state index in [1.54, 1.807) is 29.2 Å². The van der Waals surface area contributed by atoms with Crippen molar-refractivity contribution in [1.82, 2.24) is 4.90 Å². The molecule has 132 valence electrons. The number of hydrogen-bond acceptors (Lipinski definition) is 3. The lowest BCUT2D eigenvalue weighted by molar-refractivity contribution is 0.0474. The fourth-order valence-corrected chi connectivity index (χ4v) is 2.95. The fraction of sp³-hybridized carbons (Fsp3) is 0.316. The number of likely N-dealkylation sites (tertiary alicyclic amines) is 1. The topological polar surface area (TPSA) is 52.6 Å². The van der Waals surface area contributed by atoms with Gasteiger partial charge in [-0.1, -0.05) is 12.1 Å². The summed E-state index contributed by atoms with van der Waals surface area (Å²) < 4.78 is 26.6. The third kappa shape index (κ3) is 4.33. The lowest BCUT2D eigenvalue weighted by Crippen LogP contribution is -2.42. The van der Waals surface area contributed by atoms with Crippen LogP contribution in [0.25, 0.3) is 0 Å². The van der Waals surface area contributed by atoms with E-state index >= 15 is 0 Å². The molecule has 3 rings (SSSR count). The maximum Gasteiger partial charge on any atom is 0.254 e. The number of rotatable bonds is 4. The van der Waals surface area contributed by atoms with Crippen LogP contribution in [0.3, 0.4) is 0 Å². The van der Waals surface area contributed by atoms with Crippen LogP contribution in [0.4, 0.5) is 14.5 Å². The van der Waals surface area contributed by atoms with Gasteiger partial charge in [-0.05, 0) is 37.1 Å². The Hall–Kier alpha value is -2.47. The maximum absolute atomic E-state index is 13.7. The van der Waals surface area contributed by atoms with Crippen molar-refractivity contribution in [2.24, 2.45) is 0 Å². The first-order valence-corrected chi connectivity index (χ1v) is 8.28. The van der Waals surface area contributed by atoms with Gasteiger partial charge in [0.25, 0.3) is 5.91 Å². The normalized spacial score (nSPS) is 17.4. The van der Waals surface area contributed by atoms with Crippen molar-refractivity contribution in [3.05, 3.63) is 65.2 Å². The van der Waals surface area contributed by atoms with Crippen molar-refractivity contribution < 1.29 is 18.7 Å². The quantitative estimate of drug-likeness (QED) is 0.894. The molecule has 2 N–H and O–H groups in total. The number of amides is 1. The second kappa shape index (κ2) is 7.61. The van der Waals surface area contributed by atoms with Gasteiger partial charge in [0.15, 0.2) is 0 Å². The molecule has 0 aromatic heterocycles. The number of carbonyl (C=O) groups is 1. The van der Waals surface area contributed by atoms with Gasteiger partial charge in [0.05, 0.1) is 6.10 Å². The van der Waals surface area contributed by atoms with Gasteiger partial charge in [0.2, 0.25) is 0 Å². The Morgan fingerprint density at radius 1 is 1.24 bits per heavy atom. The van der Waals surface area contributed by atoms with Gasteiger partial charge in [0.1, 0.15) is 11.6 Å². The van der Waals surface area contributed by atoms with Crippen LogP contribution in [-0.4, -0.2) is 35.1 Å². The van der Waals surface area contributed by atoms with Gasteiger partial charge >= 0.3 is 0 Å². The molecule has 0 radical (unpaired) electrons. The third-order valence-electron chi connectivity index (χ3n) is 4.29. The highest BCUT2D eigenvalue weighted by atomic mass is 19.1. The van der Waals surface area contributed by atoms with Crippen molar-refractivity contribution in [3.63, 3.8) is 0 Å². The van der Waals surface area contributed by atoms with E-state index in [4.69, 9.17) is 0 Å². The van der Waals surface area contributed by atoms with Crippen molar-refractivity contribution >= 4 is 11.6 Å². The molecule has 1 aliphatic heterocycles. The summed E-state index contributed by atoms with van der Waals surface area (Å²) in [6.07, 6.45) is 1.03. The molecule has 1 atom stereocenters. The average Bonchev–Trinajstić information content (AvgIpc) is 2.60. The van der Waals surface area contributed by atoms with E-state index in [9.17, 15) is 18.7 Å².